The molecule has 22 heavy (non-hydrogen) atoms. The van der Waals surface area contributed by atoms with Gasteiger partial charge in [0, 0.05) is 5.69 Å². The first-order valence-electron chi connectivity index (χ1n) is 7.53. The Morgan fingerprint density at radius 3 is 2.41 bits per heavy atom. The van der Waals surface area contributed by atoms with E-state index in [0.717, 1.165) is 28.1 Å². The van der Waals surface area contributed by atoms with Gasteiger partial charge in [0.1, 0.15) is 5.75 Å². The van der Waals surface area contributed by atoms with Crippen LogP contribution in [-0.4, -0.2) is 12.5 Å². The van der Waals surface area contributed by atoms with Crippen LogP contribution in [-0.2, 0) is 4.79 Å². The Hall–Kier alpha value is -2.29. The molecule has 0 radical (unpaired) electrons. The van der Waals surface area contributed by atoms with Crippen molar-refractivity contribution in [3.05, 3.63) is 58.7 Å². The fourth-order valence-corrected chi connectivity index (χ4v) is 2.38. The molecular formula is C19H23NO2. The van der Waals surface area contributed by atoms with Gasteiger partial charge in [-0.05, 0) is 68.1 Å². The minimum absolute atomic E-state index is 0.0296. The van der Waals surface area contributed by atoms with E-state index in [1.807, 2.05) is 58.0 Å². The highest BCUT2D eigenvalue weighted by atomic mass is 16.5. The number of anilines is 1. The van der Waals surface area contributed by atoms with Crippen LogP contribution in [0.4, 0.5) is 5.69 Å². The molecule has 3 nitrogen and oxygen atoms in total. The van der Waals surface area contributed by atoms with Crippen molar-refractivity contribution < 1.29 is 9.53 Å². The molecule has 0 saturated heterocycles. The maximum atomic E-state index is 12.0. The van der Waals surface area contributed by atoms with Crippen molar-refractivity contribution >= 4 is 11.6 Å². The molecule has 3 heteroatoms. The van der Waals surface area contributed by atoms with Crippen molar-refractivity contribution in [2.75, 3.05) is 11.9 Å². The topological polar surface area (TPSA) is 38.3 Å². The largest absolute Gasteiger partial charge is 0.493 e. The lowest BCUT2D eigenvalue weighted by atomic mass is 10.1. The van der Waals surface area contributed by atoms with Crippen LogP contribution in [0.15, 0.2) is 36.4 Å². The molecule has 0 aromatic heterocycles. The molecule has 2 aromatic carbocycles. The number of amides is 1. The number of nitrogens with one attached hydrogen (secondary N) is 1. The summed E-state index contributed by atoms with van der Waals surface area (Å²) in [5.41, 5.74) is 5.47. The molecule has 0 saturated carbocycles. The highest BCUT2D eigenvalue weighted by Gasteiger charge is 2.06. The van der Waals surface area contributed by atoms with E-state index in [2.05, 4.69) is 11.4 Å². The fraction of sp³-hybridized carbons (Fsp3) is 0.316. The van der Waals surface area contributed by atoms with Crippen molar-refractivity contribution in [1.82, 2.24) is 0 Å². The van der Waals surface area contributed by atoms with Crippen molar-refractivity contribution in [2.45, 2.75) is 34.1 Å². The standard InChI is InChI=1S/C19H23NO2/c1-13-10-14(2)12-17(11-13)22-9-8-19(21)20-18-7-5-6-15(3)16(18)4/h5-7,10-12H,8-9H2,1-4H3,(H,20,21). The molecule has 0 heterocycles. The molecule has 0 spiro atoms. The molecule has 1 amide bonds. The van der Waals surface area contributed by atoms with E-state index < -0.39 is 0 Å². The van der Waals surface area contributed by atoms with Crippen LogP contribution in [0.1, 0.15) is 28.7 Å². The third kappa shape index (κ3) is 4.35. The summed E-state index contributed by atoms with van der Waals surface area (Å²) in [5.74, 6) is 0.787. The van der Waals surface area contributed by atoms with Crippen LogP contribution in [0.2, 0.25) is 0 Å². The third-order valence-corrected chi connectivity index (χ3v) is 3.67. The summed E-state index contributed by atoms with van der Waals surface area (Å²) in [5, 5.41) is 2.94. The fourth-order valence-electron chi connectivity index (χ4n) is 2.38. The Kier molecular flexibility index (Phi) is 5.21. The Bertz CT molecular complexity index is 657. The van der Waals surface area contributed by atoms with Crippen LogP contribution in [0.25, 0.3) is 0 Å². The van der Waals surface area contributed by atoms with E-state index in [-0.39, 0.29) is 5.91 Å². The van der Waals surface area contributed by atoms with Crippen molar-refractivity contribution in [3.8, 4) is 5.75 Å². The van der Waals surface area contributed by atoms with Crippen LogP contribution in [0.3, 0.4) is 0 Å². The van der Waals surface area contributed by atoms with Gasteiger partial charge in [-0.2, -0.15) is 0 Å². The highest BCUT2D eigenvalue weighted by molar-refractivity contribution is 5.91. The van der Waals surface area contributed by atoms with Crippen LogP contribution in [0.5, 0.6) is 5.75 Å². The number of aryl methyl sites for hydroxylation is 3. The molecule has 0 fully saturated rings. The lowest BCUT2D eigenvalue weighted by molar-refractivity contribution is -0.116. The predicted octanol–water partition coefficient (Wildman–Crippen LogP) is 4.33. The Labute approximate surface area is 132 Å². The van der Waals surface area contributed by atoms with Crippen LogP contribution < -0.4 is 10.1 Å². The van der Waals surface area contributed by atoms with Crippen molar-refractivity contribution in [1.29, 1.82) is 0 Å². The second kappa shape index (κ2) is 7.12. The van der Waals surface area contributed by atoms with E-state index in [9.17, 15) is 4.79 Å². The summed E-state index contributed by atoms with van der Waals surface area (Å²) in [7, 11) is 0. The zero-order valence-corrected chi connectivity index (χ0v) is 13.7. The maximum Gasteiger partial charge on any atom is 0.227 e. The second-order valence-corrected chi connectivity index (χ2v) is 5.72. The first kappa shape index (κ1) is 16.1. The number of hydrogen-bond donors (Lipinski definition) is 1. The third-order valence-electron chi connectivity index (χ3n) is 3.67. The summed E-state index contributed by atoms with van der Waals surface area (Å²) < 4.78 is 5.67. The zero-order valence-electron chi connectivity index (χ0n) is 13.7. The number of hydrogen-bond acceptors (Lipinski definition) is 2. The first-order chi connectivity index (χ1) is 10.5. The Balaban J connectivity index is 1.86. The summed E-state index contributed by atoms with van der Waals surface area (Å²) in [6.07, 6.45) is 0.334. The summed E-state index contributed by atoms with van der Waals surface area (Å²) in [6.45, 7) is 8.49. The van der Waals surface area contributed by atoms with Crippen LogP contribution >= 0.6 is 0 Å². The number of ether oxygens (including phenoxy) is 1. The van der Waals surface area contributed by atoms with E-state index >= 15 is 0 Å². The van der Waals surface area contributed by atoms with Crippen molar-refractivity contribution in [3.63, 3.8) is 0 Å². The van der Waals surface area contributed by atoms with E-state index in [4.69, 9.17) is 4.74 Å². The number of carbonyl (C=O) groups is 1. The van der Waals surface area contributed by atoms with Gasteiger partial charge >= 0.3 is 0 Å². The molecule has 2 rings (SSSR count). The normalized spacial score (nSPS) is 10.4. The van der Waals surface area contributed by atoms with Gasteiger partial charge in [-0.1, -0.05) is 18.2 Å². The van der Waals surface area contributed by atoms with E-state index in [0.29, 0.717) is 13.0 Å². The molecule has 116 valence electrons. The lowest BCUT2D eigenvalue weighted by Crippen LogP contribution is -2.16. The smallest absolute Gasteiger partial charge is 0.227 e. The SMILES string of the molecule is Cc1cc(C)cc(OCCC(=O)Nc2cccc(C)c2C)c1. The van der Waals surface area contributed by atoms with Gasteiger partial charge < -0.3 is 10.1 Å². The molecule has 1 N–H and O–H groups in total. The zero-order chi connectivity index (χ0) is 16.1. The first-order valence-corrected chi connectivity index (χ1v) is 7.53. The molecule has 0 aliphatic carbocycles. The average Bonchev–Trinajstić information content (AvgIpc) is 2.43. The van der Waals surface area contributed by atoms with E-state index in [1.165, 1.54) is 5.56 Å². The van der Waals surface area contributed by atoms with Gasteiger partial charge in [0.05, 0.1) is 13.0 Å². The summed E-state index contributed by atoms with van der Waals surface area (Å²) in [4.78, 5) is 12.0. The van der Waals surface area contributed by atoms with E-state index in [1.54, 1.807) is 0 Å². The number of carbonyl (C=O) groups excluding carboxylic acids is 1. The molecule has 0 aliphatic rings. The molecule has 0 aliphatic heterocycles. The van der Waals surface area contributed by atoms with Gasteiger partial charge in [0.15, 0.2) is 0 Å². The van der Waals surface area contributed by atoms with Gasteiger partial charge in [0.25, 0.3) is 0 Å². The number of benzene rings is 2. The highest BCUT2D eigenvalue weighted by Crippen LogP contribution is 2.19. The minimum Gasteiger partial charge on any atom is -0.493 e. The Morgan fingerprint density at radius 1 is 1.05 bits per heavy atom. The van der Waals surface area contributed by atoms with Gasteiger partial charge in [-0.15, -0.1) is 0 Å². The summed E-state index contributed by atoms with van der Waals surface area (Å²) >= 11 is 0. The molecule has 0 atom stereocenters. The van der Waals surface area contributed by atoms with Crippen molar-refractivity contribution in [2.24, 2.45) is 0 Å². The van der Waals surface area contributed by atoms with Gasteiger partial charge in [0.2, 0.25) is 5.91 Å². The molecular weight excluding hydrogens is 274 g/mol. The van der Waals surface area contributed by atoms with Crippen LogP contribution in [0, 0.1) is 27.7 Å². The number of rotatable bonds is 5. The lowest BCUT2D eigenvalue weighted by Gasteiger charge is -2.11. The Morgan fingerprint density at radius 2 is 1.73 bits per heavy atom. The summed E-state index contributed by atoms with van der Waals surface area (Å²) in [6, 6.07) is 12.0. The van der Waals surface area contributed by atoms with Gasteiger partial charge in [-0.25, -0.2) is 0 Å². The molecule has 0 unspecified atom stereocenters. The molecule has 0 bridgehead atoms. The minimum atomic E-state index is -0.0296. The monoisotopic (exact) mass is 297 g/mol. The molecule has 2 aromatic rings. The predicted molar refractivity (Wildman–Crippen MR) is 90.6 cm³/mol. The second-order valence-electron chi connectivity index (χ2n) is 5.72. The van der Waals surface area contributed by atoms with Gasteiger partial charge in [-0.3, -0.25) is 4.79 Å². The quantitative estimate of drug-likeness (QED) is 0.892. The maximum absolute atomic E-state index is 12.0. The average molecular weight is 297 g/mol.